The molecular weight excluding hydrogens is 200 g/mol. The number of aryl methyl sites for hydroxylation is 1. The van der Waals surface area contributed by atoms with Crippen LogP contribution in [0.2, 0.25) is 0 Å². The highest BCUT2D eigenvalue weighted by atomic mass is 16.4. The Morgan fingerprint density at radius 1 is 1.31 bits per heavy atom. The smallest absolute Gasteiger partial charge is 0.336 e. The largest absolute Gasteiger partial charge is 0.478 e. The van der Waals surface area contributed by atoms with Crippen LogP contribution in [-0.4, -0.2) is 11.1 Å². The van der Waals surface area contributed by atoms with E-state index in [1.54, 1.807) is 0 Å². The second kappa shape index (κ2) is 3.97. The number of carbonyl (C=O) groups is 1. The minimum absolute atomic E-state index is 0.457. The zero-order valence-corrected chi connectivity index (χ0v) is 9.45. The second-order valence-corrected chi connectivity index (χ2v) is 3.93. The maximum absolute atomic E-state index is 11.3. The number of hydrogen-bond acceptors (Lipinski definition) is 1. The molecule has 0 aromatic heterocycles. The fraction of sp³-hybridized carbons (Fsp3) is 0.214. The summed E-state index contributed by atoms with van der Waals surface area (Å²) in [5.41, 5.74) is 2.45. The third-order valence-electron chi connectivity index (χ3n) is 2.95. The van der Waals surface area contributed by atoms with Crippen molar-refractivity contribution >= 4 is 16.7 Å². The maximum Gasteiger partial charge on any atom is 0.336 e. The Morgan fingerprint density at radius 2 is 2.00 bits per heavy atom. The summed E-state index contributed by atoms with van der Waals surface area (Å²) in [6, 6.07) is 9.69. The molecule has 2 heteroatoms. The summed E-state index contributed by atoms with van der Waals surface area (Å²) in [6.45, 7) is 3.96. The predicted molar refractivity (Wildman–Crippen MR) is 65.0 cm³/mol. The molecule has 0 aliphatic heterocycles. The molecule has 0 bridgehead atoms. The van der Waals surface area contributed by atoms with Gasteiger partial charge in [0.05, 0.1) is 5.56 Å². The molecule has 2 aromatic rings. The topological polar surface area (TPSA) is 37.3 Å². The molecule has 2 nitrogen and oxygen atoms in total. The monoisotopic (exact) mass is 214 g/mol. The van der Waals surface area contributed by atoms with Crippen molar-refractivity contribution < 1.29 is 9.90 Å². The van der Waals surface area contributed by atoms with Crippen molar-refractivity contribution in [1.29, 1.82) is 0 Å². The first-order valence-electron chi connectivity index (χ1n) is 5.39. The van der Waals surface area contributed by atoms with Crippen LogP contribution in [0.15, 0.2) is 30.3 Å². The van der Waals surface area contributed by atoms with Gasteiger partial charge in [0, 0.05) is 0 Å². The van der Waals surface area contributed by atoms with Crippen LogP contribution in [0.25, 0.3) is 10.8 Å². The lowest BCUT2D eigenvalue weighted by Gasteiger charge is -2.11. The molecule has 0 spiro atoms. The summed E-state index contributed by atoms with van der Waals surface area (Å²) in [7, 11) is 0. The molecule has 2 aromatic carbocycles. The average Bonchev–Trinajstić information content (AvgIpc) is 2.26. The lowest BCUT2D eigenvalue weighted by atomic mass is 9.93. The minimum Gasteiger partial charge on any atom is -0.478 e. The number of aromatic carboxylic acids is 1. The Morgan fingerprint density at radius 3 is 2.62 bits per heavy atom. The normalized spacial score (nSPS) is 10.6. The van der Waals surface area contributed by atoms with Gasteiger partial charge in [0.1, 0.15) is 0 Å². The van der Waals surface area contributed by atoms with E-state index in [-0.39, 0.29) is 0 Å². The van der Waals surface area contributed by atoms with E-state index in [1.807, 2.05) is 38.1 Å². The Hall–Kier alpha value is -1.83. The van der Waals surface area contributed by atoms with Gasteiger partial charge in [0.2, 0.25) is 0 Å². The van der Waals surface area contributed by atoms with E-state index in [2.05, 4.69) is 6.07 Å². The number of carboxylic acids is 1. The van der Waals surface area contributed by atoms with Gasteiger partial charge in [0.15, 0.2) is 0 Å². The fourth-order valence-electron chi connectivity index (χ4n) is 2.23. The molecule has 16 heavy (non-hydrogen) atoms. The van der Waals surface area contributed by atoms with Crippen LogP contribution >= 0.6 is 0 Å². The van der Waals surface area contributed by atoms with Crippen LogP contribution < -0.4 is 0 Å². The molecule has 82 valence electrons. The van der Waals surface area contributed by atoms with Crippen molar-refractivity contribution in [3.63, 3.8) is 0 Å². The van der Waals surface area contributed by atoms with E-state index in [0.29, 0.717) is 5.56 Å². The van der Waals surface area contributed by atoms with Crippen LogP contribution in [0, 0.1) is 6.92 Å². The van der Waals surface area contributed by atoms with E-state index in [9.17, 15) is 9.90 Å². The van der Waals surface area contributed by atoms with Gasteiger partial charge in [0.25, 0.3) is 0 Å². The molecule has 0 aliphatic rings. The van der Waals surface area contributed by atoms with Gasteiger partial charge in [-0.25, -0.2) is 4.79 Å². The SMILES string of the molecule is CCc1c(C)cc2ccccc2c1C(=O)O. The van der Waals surface area contributed by atoms with Gasteiger partial charge in [-0.1, -0.05) is 37.3 Å². The van der Waals surface area contributed by atoms with Crippen LogP contribution in [-0.2, 0) is 6.42 Å². The first-order valence-corrected chi connectivity index (χ1v) is 5.39. The van der Waals surface area contributed by atoms with Crippen LogP contribution in [0.5, 0.6) is 0 Å². The van der Waals surface area contributed by atoms with Crippen LogP contribution in [0.4, 0.5) is 0 Å². The predicted octanol–water partition coefficient (Wildman–Crippen LogP) is 3.41. The van der Waals surface area contributed by atoms with E-state index in [4.69, 9.17) is 0 Å². The van der Waals surface area contributed by atoms with Gasteiger partial charge in [-0.3, -0.25) is 0 Å². The molecular formula is C14H14O2. The van der Waals surface area contributed by atoms with Crippen LogP contribution in [0.3, 0.4) is 0 Å². The number of fused-ring (bicyclic) bond motifs is 1. The highest BCUT2D eigenvalue weighted by Crippen LogP contribution is 2.26. The summed E-state index contributed by atoms with van der Waals surface area (Å²) < 4.78 is 0. The minimum atomic E-state index is -0.836. The summed E-state index contributed by atoms with van der Waals surface area (Å²) in [5.74, 6) is -0.836. The van der Waals surface area contributed by atoms with Crippen molar-refractivity contribution in [2.45, 2.75) is 20.3 Å². The van der Waals surface area contributed by atoms with Crippen molar-refractivity contribution in [2.75, 3.05) is 0 Å². The van der Waals surface area contributed by atoms with E-state index in [1.165, 1.54) is 0 Å². The molecule has 0 aliphatic carbocycles. The Bertz CT molecular complexity index is 556. The second-order valence-electron chi connectivity index (χ2n) is 3.93. The van der Waals surface area contributed by atoms with Gasteiger partial charge in [-0.15, -0.1) is 0 Å². The lowest BCUT2D eigenvalue weighted by molar-refractivity contribution is 0.0698. The third kappa shape index (κ3) is 1.56. The average molecular weight is 214 g/mol. The van der Waals surface area contributed by atoms with Crippen molar-refractivity contribution in [3.8, 4) is 0 Å². The lowest BCUT2D eigenvalue weighted by Crippen LogP contribution is -2.05. The van der Waals surface area contributed by atoms with E-state index >= 15 is 0 Å². The first-order chi connectivity index (χ1) is 7.65. The van der Waals surface area contributed by atoms with Crippen molar-refractivity contribution in [2.24, 2.45) is 0 Å². The Kier molecular flexibility index (Phi) is 2.65. The molecule has 0 saturated heterocycles. The van der Waals surface area contributed by atoms with Crippen LogP contribution in [0.1, 0.15) is 28.4 Å². The molecule has 0 radical (unpaired) electrons. The summed E-state index contributed by atoms with van der Waals surface area (Å²) in [5, 5.41) is 11.1. The van der Waals surface area contributed by atoms with Gasteiger partial charge in [-0.05, 0) is 35.2 Å². The molecule has 0 fully saturated rings. The maximum atomic E-state index is 11.3. The van der Waals surface area contributed by atoms with E-state index in [0.717, 1.165) is 28.3 Å². The Balaban J connectivity index is 2.93. The van der Waals surface area contributed by atoms with Crippen molar-refractivity contribution in [3.05, 3.63) is 47.0 Å². The molecule has 0 heterocycles. The summed E-state index contributed by atoms with van der Waals surface area (Å²) >= 11 is 0. The molecule has 1 N–H and O–H groups in total. The Labute approximate surface area is 94.5 Å². The van der Waals surface area contributed by atoms with E-state index < -0.39 is 5.97 Å². The molecule has 0 atom stereocenters. The van der Waals surface area contributed by atoms with Gasteiger partial charge >= 0.3 is 5.97 Å². The zero-order valence-electron chi connectivity index (χ0n) is 9.45. The molecule has 0 unspecified atom stereocenters. The molecule has 0 saturated carbocycles. The summed E-state index contributed by atoms with van der Waals surface area (Å²) in [6.07, 6.45) is 0.748. The van der Waals surface area contributed by atoms with Gasteiger partial charge < -0.3 is 5.11 Å². The van der Waals surface area contributed by atoms with Gasteiger partial charge in [-0.2, -0.15) is 0 Å². The highest BCUT2D eigenvalue weighted by molar-refractivity contribution is 6.05. The first kappa shape index (κ1) is 10.7. The number of rotatable bonds is 2. The third-order valence-corrected chi connectivity index (χ3v) is 2.95. The summed E-state index contributed by atoms with van der Waals surface area (Å²) in [4.78, 5) is 11.3. The van der Waals surface area contributed by atoms with Crippen molar-refractivity contribution in [1.82, 2.24) is 0 Å². The number of benzene rings is 2. The fourth-order valence-corrected chi connectivity index (χ4v) is 2.23. The molecule has 2 rings (SSSR count). The standard InChI is InChI=1S/C14H14O2/c1-3-11-9(2)8-10-6-4-5-7-12(10)13(11)14(15)16/h4-8H,3H2,1-2H3,(H,15,16). The highest BCUT2D eigenvalue weighted by Gasteiger charge is 2.15. The quantitative estimate of drug-likeness (QED) is 0.831. The number of carboxylic acid groups (broad SMARTS) is 1. The zero-order chi connectivity index (χ0) is 11.7. The molecule has 0 amide bonds. The number of hydrogen-bond donors (Lipinski definition) is 1.